The predicted molar refractivity (Wildman–Crippen MR) is 85.2 cm³/mol. The zero-order valence-corrected chi connectivity index (χ0v) is 13.4. The summed E-state index contributed by atoms with van der Waals surface area (Å²) >= 11 is 1.65. The first-order valence-corrected chi connectivity index (χ1v) is 7.84. The van der Waals surface area contributed by atoms with E-state index in [9.17, 15) is 4.79 Å². The van der Waals surface area contributed by atoms with Crippen molar-refractivity contribution in [2.45, 2.75) is 26.7 Å². The van der Waals surface area contributed by atoms with Crippen molar-refractivity contribution in [2.24, 2.45) is 0 Å². The first-order valence-electron chi connectivity index (χ1n) is 7.02. The molecular weight excluding hydrogens is 298 g/mol. The number of nitrogens with zero attached hydrogens (tertiary/aromatic N) is 2. The molecule has 0 unspecified atom stereocenters. The second kappa shape index (κ2) is 7.57. The van der Waals surface area contributed by atoms with Crippen molar-refractivity contribution in [1.29, 1.82) is 5.26 Å². The minimum absolute atomic E-state index is 0.0273. The van der Waals surface area contributed by atoms with Crippen molar-refractivity contribution in [2.75, 3.05) is 6.54 Å². The third-order valence-corrected chi connectivity index (χ3v) is 4.16. The molecule has 6 heteroatoms. The third-order valence-electron chi connectivity index (χ3n) is 3.09. The van der Waals surface area contributed by atoms with E-state index in [2.05, 4.69) is 24.1 Å². The molecule has 1 amide bonds. The lowest BCUT2D eigenvalue weighted by molar-refractivity contribution is -0.117. The van der Waals surface area contributed by atoms with Crippen LogP contribution in [0.15, 0.2) is 28.4 Å². The SMILES string of the molecule is CCc1nc(CCNC(=O)/C(C#N)=C/c2ccco2)sc1C. The van der Waals surface area contributed by atoms with E-state index < -0.39 is 5.91 Å². The Balaban J connectivity index is 1.90. The van der Waals surface area contributed by atoms with Gasteiger partial charge in [0.1, 0.15) is 17.4 Å². The topological polar surface area (TPSA) is 78.9 Å². The Bertz CT molecular complexity index is 708. The molecule has 0 aliphatic rings. The average molecular weight is 315 g/mol. The van der Waals surface area contributed by atoms with Crippen LogP contribution in [0, 0.1) is 18.3 Å². The van der Waals surface area contributed by atoms with Crippen LogP contribution >= 0.6 is 11.3 Å². The van der Waals surface area contributed by atoms with Crippen LogP contribution in [0.3, 0.4) is 0 Å². The Kier molecular flexibility index (Phi) is 5.50. The quantitative estimate of drug-likeness (QED) is 0.656. The van der Waals surface area contributed by atoms with Gasteiger partial charge in [0, 0.05) is 23.9 Å². The summed E-state index contributed by atoms with van der Waals surface area (Å²) in [6, 6.07) is 5.28. The summed E-state index contributed by atoms with van der Waals surface area (Å²) in [4.78, 5) is 17.7. The van der Waals surface area contributed by atoms with Gasteiger partial charge < -0.3 is 9.73 Å². The van der Waals surface area contributed by atoms with E-state index in [-0.39, 0.29) is 5.57 Å². The first-order chi connectivity index (χ1) is 10.6. The van der Waals surface area contributed by atoms with E-state index in [1.807, 2.05) is 6.07 Å². The highest BCUT2D eigenvalue weighted by Crippen LogP contribution is 2.18. The van der Waals surface area contributed by atoms with Crippen molar-refractivity contribution in [1.82, 2.24) is 10.3 Å². The molecule has 2 rings (SSSR count). The van der Waals surface area contributed by atoms with Crippen molar-refractivity contribution >= 4 is 23.3 Å². The average Bonchev–Trinajstić information content (AvgIpc) is 3.14. The van der Waals surface area contributed by atoms with Gasteiger partial charge in [-0.1, -0.05) is 6.92 Å². The lowest BCUT2D eigenvalue weighted by atomic mass is 10.2. The summed E-state index contributed by atoms with van der Waals surface area (Å²) in [6.07, 6.45) is 4.50. The van der Waals surface area contributed by atoms with Gasteiger partial charge in [0.05, 0.1) is 17.0 Å². The highest BCUT2D eigenvalue weighted by molar-refractivity contribution is 7.11. The number of carbonyl (C=O) groups is 1. The van der Waals surface area contributed by atoms with Crippen LogP contribution in [0.25, 0.3) is 6.08 Å². The highest BCUT2D eigenvalue weighted by Gasteiger charge is 2.10. The summed E-state index contributed by atoms with van der Waals surface area (Å²) in [7, 11) is 0. The number of nitrogens with one attached hydrogen (secondary N) is 1. The molecule has 2 aromatic rings. The number of amides is 1. The maximum absolute atomic E-state index is 12.0. The predicted octanol–water partition coefficient (Wildman–Crippen LogP) is 2.87. The van der Waals surface area contributed by atoms with Crippen LogP contribution in [0.5, 0.6) is 0 Å². The lowest BCUT2D eigenvalue weighted by Gasteiger charge is -2.02. The van der Waals surface area contributed by atoms with E-state index in [0.29, 0.717) is 18.7 Å². The molecule has 0 saturated carbocycles. The van der Waals surface area contributed by atoms with Crippen molar-refractivity contribution in [3.8, 4) is 6.07 Å². The maximum atomic E-state index is 12.0. The number of aromatic nitrogens is 1. The molecule has 0 saturated heterocycles. The van der Waals surface area contributed by atoms with Crippen molar-refractivity contribution in [3.05, 3.63) is 45.3 Å². The maximum Gasteiger partial charge on any atom is 0.262 e. The summed E-state index contributed by atoms with van der Waals surface area (Å²) in [5.41, 5.74) is 1.14. The van der Waals surface area contributed by atoms with Crippen LogP contribution in [-0.4, -0.2) is 17.4 Å². The molecule has 0 bridgehead atoms. The first kappa shape index (κ1) is 16.0. The lowest BCUT2D eigenvalue weighted by Crippen LogP contribution is -2.26. The molecule has 2 heterocycles. The van der Waals surface area contributed by atoms with Gasteiger partial charge in [0.2, 0.25) is 0 Å². The molecule has 0 fully saturated rings. The van der Waals surface area contributed by atoms with Gasteiger partial charge in [-0.2, -0.15) is 5.26 Å². The monoisotopic (exact) mass is 315 g/mol. The molecular formula is C16H17N3O2S. The molecule has 2 aromatic heterocycles. The number of rotatable bonds is 6. The zero-order chi connectivity index (χ0) is 15.9. The van der Waals surface area contributed by atoms with Gasteiger partial charge in [-0.05, 0) is 25.5 Å². The van der Waals surface area contributed by atoms with Crippen molar-refractivity contribution in [3.63, 3.8) is 0 Å². The Labute approximate surface area is 133 Å². The van der Waals surface area contributed by atoms with Crippen LogP contribution in [0.2, 0.25) is 0 Å². The van der Waals surface area contributed by atoms with Crippen molar-refractivity contribution < 1.29 is 9.21 Å². The van der Waals surface area contributed by atoms with Gasteiger partial charge in [0.15, 0.2) is 0 Å². The normalized spacial score (nSPS) is 11.2. The molecule has 5 nitrogen and oxygen atoms in total. The zero-order valence-electron chi connectivity index (χ0n) is 12.5. The molecule has 0 aliphatic carbocycles. The molecule has 22 heavy (non-hydrogen) atoms. The molecule has 0 aromatic carbocycles. The fraction of sp³-hybridized carbons (Fsp3) is 0.312. The Morgan fingerprint density at radius 3 is 3.00 bits per heavy atom. The summed E-state index contributed by atoms with van der Waals surface area (Å²) in [6.45, 7) is 4.58. The molecule has 114 valence electrons. The number of hydrogen-bond donors (Lipinski definition) is 1. The van der Waals surface area contributed by atoms with Gasteiger partial charge in [-0.15, -0.1) is 11.3 Å². The second-order valence-electron chi connectivity index (χ2n) is 4.66. The number of hydrogen-bond acceptors (Lipinski definition) is 5. The number of thiazole rings is 1. The summed E-state index contributed by atoms with van der Waals surface area (Å²) in [5, 5.41) is 12.8. The fourth-order valence-corrected chi connectivity index (χ4v) is 2.99. The van der Waals surface area contributed by atoms with Gasteiger partial charge in [-0.3, -0.25) is 4.79 Å². The van der Waals surface area contributed by atoms with Gasteiger partial charge >= 0.3 is 0 Å². The van der Waals surface area contributed by atoms with Crippen LogP contribution in [-0.2, 0) is 17.6 Å². The molecule has 1 N–H and O–H groups in total. The summed E-state index contributed by atoms with van der Waals surface area (Å²) < 4.78 is 5.10. The minimum Gasteiger partial charge on any atom is -0.465 e. The summed E-state index contributed by atoms with van der Waals surface area (Å²) in [5.74, 6) is 0.0812. The highest BCUT2D eigenvalue weighted by atomic mass is 32.1. The van der Waals surface area contributed by atoms with E-state index in [1.54, 1.807) is 23.5 Å². The molecule has 0 atom stereocenters. The number of aryl methyl sites for hydroxylation is 2. The van der Waals surface area contributed by atoms with E-state index in [1.165, 1.54) is 17.2 Å². The molecule has 0 radical (unpaired) electrons. The minimum atomic E-state index is -0.400. The Hall–Kier alpha value is -2.39. The number of carbonyl (C=O) groups excluding carboxylic acids is 1. The number of furan rings is 1. The van der Waals surface area contributed by atoms with Gasteiger partial charge in [0.25, 0.3) is 5.91 Å². The standard InChI is InChI=1S/C16H17N3O2S/c1-3-14-11(2)22-15(19-14)6-7-18-16(20)12(10-17)9-13-5-4-8-21-13/h4-5,8-9H,3,6-7H2,1-2H3,(H,18,20)/b12-9+. The van der Waals surface area contributed by atoms with Crippen LogP contribution < -0.4 is 5.32 Å². The second-order valence-corrected chi connectivity index (χ2v) is 5.94. The Morgan fingerprint density at radius 1 is 1.59 bits per heavy atom. The van der Waals surface area contributed by atoms with E-state index >= 15 is 0 Å². The fourth-order valence-electron chi connectivity index (χ4n) is 1.97. The van der Waals surface area contributed by atoms with Crippen LogP contribution in [0.1, 0.15) is 28.3 Å². The van der Waals surface area contributed by atoms with E-state index in [0.717, 1.165) is 17.1 Å². The number of nitriles is 1. The molecule has 0 spiro atoms. The molecule has 0 aliphatic heterocycles. The van der Waals surface area contributed by atoms with Crippen LogP contribution in [0.4, 0.5) is 0 Å². The van der Waals surface area contributed by atoms with E-state index in [4.69, 9.17) is 9.68 Å². The smallest absolute Gasteiger partial charge is 0.262 e. The van der Waals surface area contributed by atoms with Gasteiger partial charge in [-0.25, -0.2) is 4.98 Å². The largest absolute Gasteiger partial charge is 0.465 e. The Morgan fingerprint density at radius 2 is 2.41 bits per heavy atom. The third kappa shape index (κ3) is 4.06.